The summed E-state index contributed by atoms with van der Waals surface area (Å²) in [7, 11) is 1.59. The number of likely N-dealkylation sites (tertiary alicyclic amines) is 2. The maximum absolute atomic E-state index is 13.3. The summed E-state index contributed by atoms with van der Waals surface area (Å²) in [5.74, 6) is 0.301. The number of ether oxygens (including phenoxy) is 1. The van der Waals surface area contributed by atoms with Crippen LogP contribution in [0.2, 0.25) is 0 Å². The van der Waals surface area contributed by atoms with Crippen LogP contribution in [-0.4, -0.2) is 58.9 Å². The molecule has 5 rings (SSSR count). The Bertz CT molecular complexity index is 921. The number of carbonyl (C=O) groups excluding carboxylic acids is 2. The van der Waals surface area contributed by atoms with Gasteiger partial charge in [0.15, 0.2) is 6.10 Å². The zero-order valence-electron chi connectivity index (χ0n) is 17.2. The minimum atomic E-state index is -0.431. The van der Waals surface area contributed by atoms with Crippen molar-refractivity contribution in [3.8, 4) is 0 Å². The van der Waals surface area contributed by atoms with Crippen molar-refractivity contribution in [2.45, 2.75) is 49.3 Å². The van der Waals surface area contributed by atoms with Crippen LogP contribution in [0.1, 0.15) is 42.9 Å². The first kappa shape index (κ1) is 19.2. The Kier molecular flexibility index (Phi) is 4.82. The summed E-state index contributed by atoms with van der Waals surface area (Å²) >= 11 is 0. The average molecular weight is 405 g/mol. The van der Waals surface area contributed by atoms with Gasteiger partial charge in [0.2, 0.25) is 5.91 Å². The first-order valence-electron chi connectivity index (χ1n) is 10.8. The fraction of sp³-hybridized carbons (Fsp3) is 0.458. The Balaban J connectivity index is 1.27. The molecule has 6 nitrogen and oxygen atoms in total. The predicted octanol–water partition coefficient (Wildman–Crippen LogP) is 2.70. The van der Waals surface area contributed by atoms with E-state index in [4.69, 9.17) is 4.74 Å². The van der Waals surface area contributed by atoms with Crippen molar-refractivity contribution in [2.24, 2.45) is 0 Å². The van der Waals surface area contributed by atoms with Crippen molar-refractivity contribution in [1.29, 1.82) is 0 Å². The summed E-state index contributed by atoms with van der Waals surface area (Å²) in [4.78, 5) is 34.1. The fourth-order valence-corrected chi connectivity index (χ4v) is 5.17. The monoisotopic (exact) mass is 405 g/mol. The van der Waals surface area contributed by atoms with E-state index in [1.54, 1.807) is 19.5 Å². The van der Waals surface area contributed by atoms with Crippen LogP contribution in [0.4, 0.5) is 0 Å². The molecule has 3 heterocycles. The van der Waals surface area contributed by atoms with Crippen molar-refractivity contribution >= 4 is 11.8 Å². The third-order valence-electron chi connectivity index (χ3n) is 7.02. The maximum Gasteiger partial charge on any atom is 0.255 e. The molecule has 1 saturated carbocycles. The van der Waals surface area contributed by atoms with Crippen molar-refractivity contribution in [1.82, 2.24) is 14.8 Å². The fourth-order valence-electron chi connectivity index (χ4n) is 5.17. The highest BCUT2D eigenvalue weighted by Gasteiger charge is 2.55. The summed E-state index contributed by atoms with van der Waals surface area (Å²) in [6, 6.07) is 14.1. The van der Waals surface area contributed by atoms with Crippen molar-refractivity contribution in [3.05, 3.63) is 66.0 Å². The van der Waals surface area contributed by atoms with Gasteiger partial charge in [-0.25, -0.2) is 0 Å². The predicted molar refractivity (Wildman–Crippen MR) is 112 cm³/mol. The van der Waals surface area contributed by atoms with E-state index in [0.717, 1.165) is 36.8 Å². The van der Waals surface area contributed by atoms with Crippen LogP contribution < -0.4 is 0 Å². The molecular weight excluding hydrogens is 378 g/mol. The van der Waals surface area contributed by atoms with Crippen LogP contribution in [0.25, 0.3) is 0 Å². The first-order valence-corrected chi connectivity index (χ1v) is 10.8. The van der Waals surface area contributed by atoms with Crippen LogP contribution >= 0.6 is 0 Å². The number of amides is 2. The Morgan fingerprint density at radius 1 is 1.07 bits per heavy atom. The van der Waals surface area contributed by atoms with E-state index in [0.29, 0.717) is 13.1 Å². The minimum absolute atomic E-state index is 0.0482. The lowest BCUT2D eigenvalue weighted by atomic mass is 9.86. The molecule has 156 valence electrons. The van der Waals surface area contributed by atoms with E-state index in [-0.39, 0.29) is 29.3 Å². The Morgan fingerprint density at radius 3 is 2.33 bits per heavy atom. The lowest BCUT2D eigenvalue weighted by Gasteiger charge is -2.52. The van der Waals surface area contributed by atoms with E-state index >= 15 is 0 Å². The zero-order chi connectivity index (χ0) is 20.7. The smallest absolute Gasteiger partial charge is 0.255 e. The Labute approximate surface area is 176 Å². The van der Waals surface area contributed by atoms with Gasteiger partial charge in [-0.1, -0.05) is 30.3 Å². The molecule has 1 aliphatic carbocycles. The van der Waals surface area contributed by atoms with Crippen molar-refractivity contribution < 1.29 is 14.3 Å². The number of pyridine rings is 1. The van der Waals surface area contributed by atoms with Crippen molar-refractivity contribution in [2.75, 3.05) is 20.2 Å². The number of hydrogen-bond donors (Lipinski definition) is 0. The van der Waals surface area contributed by atoms with Gasteiger partial charge in [0.1, 0.15) is 0 Å². The van der Waals surface area contributed by atoms with Crippen LogP contribution in [0.15, 0.2) is 54.9 Å². The summed E-state index contributed by atoms with van der Waals surface area (Å²) < 4.78 is 5.47. The van der Waals surface area contributed by atoms with Gasteiger partial charge in [-0.15, -0.1) is 0 Å². The van der Waals surface area contributed by atoms with Crippen molar-refractivity contribution in [3.63, 3.8) is 0 Å². The quantitative estimate of drug-likeness (QED) is 0.718. The lowest BCUT2D eigenvalue weighted by molar-refractivity contribution is -0.178. The Morgan fingerprint density at radius 2 is 1.73 bits per heavy atom. The second kappa shape index (κ2) is 7.51. The van der Waals surface area contributed by atoms with Gasteiger partial charge in [-0.05, 0) is 48.9 Å². The zero-order valence-corrected chi connectivity index (χ0v) is 17.2. The highest BCUT2D eigenvalue weighted by Crippen LogP contribution is 2.50. The number of aromatic nitrogens is 1. The molecule has 0 spiro atoms. The third kappa shape index (κ3) is 3.01. The van der Waals surface area contributed by atoms with Gasteiger partial charge in [0.05, 0.1) is 11.5 Å². The van der Waals surface area contributed by atoms with E-state index in [1.807, 2.05) is 40.1 Å². The van der Waals surface area contributed by atoms with Gasteiger partial charge in [-0.3, -0.25) is 14.6 Å². The molecule has 3 aliphatic rings. The Hall–Kier alpha value is -2.73. The summed E-state index contributed by atoms with van der Waals surface area (Å²) in [6.07, 6.45) is 6.55. The summed E-state index contributed by atoms with van der Waals surface area (Å²) in [5, 5.41) is 0. The lowest BCUT2D eigenvalue weighted by Crippen LogP contribution is -2.64. The topological polar surface area (TPSA) is 62.7 Å². The number of methoxy groups -OCH3 is 1. The molecule has 1 aromatic heterocycles. The standard InChI is InChI=1S/C24H27N3O3/c1-30-21-20(17-7-13-25-14-8-17)27(22(21)28)19-9-15-26(16-10-19)23(29)24(11-12-24)18-5-3-2-4-6-18/h2-8,13-14,19-21H,9-12,15-16H2,1H3/t20-,21+/m0/s1. The van der Waals surface area contributed by atoms with Crippen LogP contribution in [0.5, 0.6) is 0 Å². The molecule has 0 bridgehead atoms. The maximum atomic E-state index is 13.3. The van der Waals surface area contributed by atoms with Gasteiger partial charge in [-0.2, -0.15) is 0 Å². The molecule has 0 N–H and O–H groups in total. The molecule has 0 radical (unpaired) electrons. The van der Waals surface area contributed by atoms with Gasteiger partial charge in [0.25, 0.3) is 5.91 Å². The number of rotatable bonds is 5. The van der Waals surface area contributed by atoms with E-state index in [9.17, 15) is 9.59 Å². The number of β-lactam (4-membered cyclic amide) rings is 1. The summed E-state index contributed by atoms with van der Waals surface area (Å²) in [6.45, 7) is 1.39. The number of carbonyl (C=O) groups is 2. The first-order chi connectivity index (χ1) is 14.7. The minimum Gasteiger partial charge on any atom is -0.369 e. The highest BCUT2D eigenvalue weighted by atomic mass is 16.5. The van der Waals surface area contributed by atoms with Gasteiger partial charge >= 0.3 is 0 Å². The molecule has 2 aromatic rings. The average Bonchev–Trinajstić information content (AvgIpc) is 3.61. The highest BCUT2D eigenvalue weighted by molar-refractivity contribution is 5.91. The third-order valence-corrected chi connectivity index (χ3v) is 7.02. The van der Waals surface area contributed by atoms with E-state index in [1.165, 1.54) is 0 Å². The van der Waals surface area contributed by atoms with Gasteiger partial charge in [0, 0.05) is 38.6 Å². The van der Waals surface area contributed by atoms with Crippen LogP contribution in [0.3, 0.4) is 0 Å². The molecule has 3 fully saturated rings. The van der Waals surface area contributed by atoms with Crippen LogP contribution in [-0.2, 0) is 19.7 Å². The van der Waals surface area contributed by atoms with Crippen LogP contribution in [0, 0.1) is 0 Å². The molecule has 1 aromatic carbocycles. The molecule has 2 amide bonds. The number of piperidine rings is 1. The SMILES string of the molecule is CO[C@H]1C(=O)N(C2CCN(C(=O)C3(c4ccccc4)CC3)CC2)[C@H]1c1ccncc1. The molecule has 2 atom stereocenters. The van der Waals surface area contributed by atoms with Gasteiger partial charge < -0.3 is 14.5 Å². The molecule has 2 aliphatic heterocycles. The molecule has 30 heavy (non-hydrogen) atoms. The number of nitrogens with zero attached hydrogens (tertiary/aromatic N) is 3. The molecular formula is C24H27N3O3. The van der Waals surface area contributed by atoms with E-state index in [2.05, 4.69) is 17.1 Å². The summed E-state index contributed by atoms with van der Waals surface area (Å²) in [5.41, 5.74) is 1.87. The second-order valence-corrected chi connectivity index (χ2v) is 8.60. The molecule has 2 saturated heterocycles. The molecule has 0 unspecified atom stereocenters. The van der Waals surface area contributed by atoms with E-state index < -0.39 is 6.10 Å². The molecule has 6 heteroatoms. The normalized spacial score (nSPS) is 25.7. The second-order valence-electron chi connectivity index (χ2n) is 8.60. The largest absolute Gasteiger partial charge is 0.369 e. The number of benzene rings is 1. The number of hydrogen-bond acceptors (Lipinski definition) is 4.